The average Bonchev–Trinajstić information content (AvgIpc) is 3.10. The van der Waals surface area contributed by atoms with Crippen LogP contribution in [0.4, 0.5) is 11.4 Å². The minimum Gasteiger partial charge on any atom is -0.378 e. The Bertz CT molecular complexity index is 1020. The van der Waals surface area contributed by atoms with Gasteiger partial charge in [0.1, 0.15) is 0 Å². The fourth-order valence-electron chi connectivity index (χ4n) is 3.88. The van der Waals surface area contributed by atoms with Gasteiger partial charge in [-0.15, -0.1) is 0 Å². The molecular weight excluding hydrogens is 354 g/mol. The van der Waals surface area contributed by atoms with Crippen LogP contribution in [0.15, 0.2) is 59.5 Å². The summed E-state index contributed by atoms with van der Waals surface area (Å²) >= 11 is 0. The number of rotatable bonds is 3. The molecule has 0 spiro atoms. The van der Waals surface area contributed by atoms with E-state index in [1.165, 1.54) is 18.2 Å². The van der Waals surface area contributed by atoms with E-state index in [9.17, 15) is 18.5 Å². The molecule has 4 rings (SSSR count). The first-order valence-electron chi connectivity index (χ1n) is 8.19. The van der Waals surface area contributed by atoms with Crippen molar-refractivity contribution in [3.63, 3.8) is 0 Å². The molecule has 0 saturated carbocycles. The van der Waals surface area contributed by atoms with Gasteiger partial charge >= 0.3 is 0 Å². The van der Waals surface area contributed by atoms with Crippen molar-refractivity contribution in [2.45, 2.75) is 23.3 Å². The number of nitrogens with one attached hydrogen (secondary N) is 1. The van der Waals surface area contributed by atoms with Crippen LogP contribution in [0.5, 0.6) is 0 Å². The quantitative estimate of drug-likeness (QED) is 0.489. The van der Waals surface area contributed by atoms with Gasteiger partial charge in [-0.1, -0.05) is 24.3 Å². The second kappa shape index (κ2) is 5.93. The molecule has 0 saturated heterocycles. The van der Waals surface area contributed by atoms with Gasteiger partial charge in [0.15, 0.2) is 0 Å². The Kier molecular flexibility index (Phi) is 3.82. The van der Waals surface area contributed by atoms with Gasteiger partial charge in [0.05, 0.1) is 15.9 Å². The van der Waals surface area contributed by atoms with Gasteiger partial charge in [-0.2, -0.15) is 0 Å². The fourth-order valence-corrected chi connectivity index (χ4v) is 4.43. The van der Waals surface area contributed by atoms with E-state index in [1.54, 1.807) is 24.3 Å². The van der Waals surface area contributed by atoms with E-state index in [-0.39, 0.29) is 28.5 Å². The summed E-state index contributed by atoms with van der Waals surface area (Å²) in [5, 5.41) is 19.6. The molecule has 1 aliphatic heterocycles. The van der Waals surface area contributed by atoms with Gasteiger partial charge < -0.3 is 5.32 Å². The Balaban J connectivity index is 1.74. The van der Waals surface area contributed by atoms with E-state index in [1.807, 2.05) is 0 Å². The van der Waals surface area contributed by atoms with E-state index in [2.05, 4.69) is 17.5 Å². The number of allylic oxidation sites excluding steroid dienone is 2. The highest BCUT2D eigenvalue weighted by atomic mass is 32.2. The summed E-state index contributed by atoms with van der Waals surface area (Å²) in [4.78, 5) is 10.6. The van der Waals surface area contributed by atoms with Crippen LogP contribution in [0.25, 0.3) is 0 Å². The molecule has 1 heterocycles. The summed E-state index contributed by atoms with van der Waals surface area (Å²) in [7, 11) is -3.76. The zero-order valence-electron chi connectivity index (χ0n) is 13.7. The minimum atomic E-state index is -3.76. The number of primary sulfonamides is 1. The van der Waals surface area contributed by atoms with Gasteiger partial charge in [0, 0.05) is 23.7 Å². The smallest absolute Gasteiger partial charge is 0.269 e. The summed E-state index contributed by atoms with van der Waals surface area (Å²) < 4.78 is 23.3. The second-order valence-electron chi connectivity index (χ2n) is 6.62. The van der Waals surface area contributed by atoms with Crippen LogP contribution in [0, 0.1) is 16.0 Å². The van der Waals surface area contributed by atoms with Gasteiger partial charge in [-0.3, -0.25) is 10.1 Å². The standard InChI is InChI=1S/C18H17N3O4S/c19-26(24,25)13-8-9-17-16(10-13)14-2-1-3-15(14)18(20-17)11-4-6-12(7-5-11)21(22)23/h1-2,4-10,14-15,18,20H,3H2,(H2,19,24,25)/t14-,15-,18-/m1/s1. The van der Waals surface area contributed by atoms with E-state index in [0.717, 1.165) is 23.2 Å². The molecule has 3 N–H and O–H groups in total. The van der Waals surface area contributed by atoms with Crippen LogP contribution in [0.2, 0.25) is 0 Å². The molecule has 0 aromatic heterocycles. The lowest BCUT2D eigenvalue weighted by Gasteiger charge is -2.37. The summed E-state index contributed by atoms with van der Waals surface area (Å²) in [5.41, 5.74) is 2.79. The van der Waals surface area contributed by atoms with Crippen LogP contribution in [0.3, 0.4) is 0 Å². The Labute approximate surface area is 150 Å². The molecule has 0 amide bonds. The average molecular weight is 371 g/mol. The SMILES string of the molecule is NS(=O)(=O)c1ccc2c(c1)[C@@H]1C=CC[C@H]1[C@@H](c1ccc([N+](=O)[O-])cc1)N2. The molecule has 8 heteroatoms. The molecule has 2 aromatic carbocycles. The molecule has 0 bridgehead atoms. The van der Waals surface area contributed by atoms with Crippen molar-refractivity contribution in [2.24, 2.45) is 11.1 Å². The van der Waals surface area contributed by atoms with Gasteiger partial charge in [-0.25, -0.2) is 13.6 Å². The highest BCUT2D eigenvalue weighted by molar-refractivity contribution is 7.89. The van der Waals surface area contributed by atoms with Crippen LogP contribution in [0.1, 0.15) is 29.5 Å². The first kappa shape index (κ1) is 16.7. The van der Waals surface area contributed by atoms with Crippen molar-refractivity contribution in [2.75, 3.05) is 5.32 Å². The van der Waals surface area contributed by atoms with Gasteiger partial charge in [-0.05, 0) is 41.7 Å². The monoisotopic (exact) mass is 371 g/mol. The second-order valence-corrected chi connectivity index (χ2v) is 8.18. The topological polar surface area (TPSA) is 115 Å². The Morgan fingerprint density at radius 2 is 1.88 bits per heavy atom. The summed E-state index contributed by atoms with van der Waals surface area (Å²) in [6.45, 7) is 0. The van der Waals surface area contributed by atoms with Crippen molar-refractivity contribution in [3.05, 3.63) is 75.9 Å². The number of fused-ring (bicyclic) bond motifs is 3. The zero-order chi connectivity index (χ0) is 18.5. The molecule has 1 aliphatic carbocycles. The number of nitrogens with zero attached hydrogens (tertiary/aromatic N) is 1. The van der Waals surface area contributed by atoms with Crippen molar-refractivity contribution in [1.82, 2.24) is 0 Å². The lowest BCUT2D eigenvalue weighted by molar-refractivity contribution is -0.384. The molecule has 0 unspecified atom stereocenters. The number of nitro benzene ring substituents is 1. The van der Waals surface area contributed by atoms with Crippen molar-refractivity contribution in [3.8, 4) is 0 Å². The van der Waals surface area contributed by atoms with Crippen molar-refractivity contribution in [1.29, 1.82) is 0 Å². The molecule has 0 radical (unpaired) electrons. The number of benzene rings is 2. The molecule has 2 aliphatic rings. The molecule has 0 fully saturated rings. The van der Waals surface area contributed by atoms with Crippen LogP contribution in [-0.2, 0) is 10.0 Å². The van der Waals surface area contributed by atoms with Crippen molar-refractivity contribution < 1.29 is 13.3 Å². The minimum absolute atomic E-state index is 0.0105. The number of hydrogen-bond donors (Lipinski definition) is 2. The lowest BCUT2D eigenvalue weighted by Crippen LogP contribution is -2.29. The van der Waals surface area contributed by atoms with Gasteiger partial charge in [0.25, 0.3) is 5.69 Å². The van der Waals surface area contributed by atoms with Gasteiger partial charge in [0.2, 0.25) is 10.0 Å². The molecule has 2 aromatic rings. The maximum atomic E-state index is 11.7. The Morgan fingerprint density at radius 1 is 1.15 bits per heavy atom. The third-order valence-corrected chi connectivity index (χ3v) is 6.04. The molecule has 3 atom stereocenters. The molecule has 7 nitrogen and oxygen atoms in total. The first-order chi connectivity index (χ1) is 12.3. The third kappa shape index (κ3) is 2.77. The predicted molar refractivity (Wildman–Crippen MR) is 97.3 cm³/mol. The summed E-state index contributed by atoms with van der Waals surface area (Å²) in [5.74, 6) is 0.285. The summed E-state index contributed by atoms with van der Waals surface area (Å²) in [6, 6.07) is 11.4. The zero-order valence-corrected chi connectivity index (χ0v) is 14.5. The first-order valence-corrected chi connectivity index (χ1v) is 9.73. The predicted octanol–water partition coefficient (Wildman–Crippen LogP) is 3.07. The largest absolute Gasteiger partial charge is 0.378 e. The Hall–Kier alpha value is -2.71. The Morgan fingerprint density at radius 3 is 2.54 bits per heavy atom. The van der Waals surface area contributed by atoms with Crippen LogP contribution in [-0.4, -0.2) is 13.3 Å². The maximum Gasteiger partial charge on any atom is 0.269 e. The number of nitro groups is 1. The lowest BCUT2D eigenvalue weighted by atomic mass is 9.77. The highest BCUT2D eigenvalue weighted by Crippen LogP contribution is 2.50. The number of hydrogen-bond acceptors (Lipinski definition) is 5. The van der Waals surface area contributed by atoms with E-state index < -0.39 is 14.9 Å². The maximum absolute atomic E-state index is 11.7. The molecular formula is C18H17N3O4S. The molecule has 134 valence electrons. The normalized spacial score (nSPS) is 23.8. The highest BCUT2D eigenvalue weighted by Gasteiger charge is 2.38. The molecule has 26 heavy (non-hydrogen) atoms. The van der Waals surface area contributed by atoms with E-state index in [4.69, 9.17) is 5.14 Å². The number of sulfonamides is 1. The number of nitrogens with two attached hydrogens (primary N) is 1. The summed E-state index contributed by atoms with van der Waals surface area (Å²) in [6.07, 6.45) is 5.03. The fraction of sp³-hybridized carbons (Fsp3) is 0.222. The van der Waals surface area contributed by atoms with Crippen LogP contribution < -0.4 is 10.5 Å². The van der Waals surface area contributed by atoms with E-state index >= 15 is 0 Å². The third-order valence-electron chi connectivity index (χ3n) is 5.13. The number of anilines is 1. The van der Waals surface area contributed by atoms with E-state index in [0.29, 0.717) is 0 Å². The van der Waals surface area contributed by atoms with Crippen LogP contribution >= 0.6 is 0 Å². The van der Waals surface area contributed by atoms with Crippen molar-refractivity contribution >= 4 is 21.4 Å². The number of non-ortho nitro benzene ring substituents is 1.